The van der Waals surface area contributed by atoms with Crippen molar-refractivity contribution in [3.8, 4) is 0 Å². The molecule has 2 fully saturated rings. The van der Waals surface area contributed by atoms with Crippen molar-refractivity contribution >= 4 is 5.78 Å². The maximum Gasteiger partial charge on any atom is 0.135 e. The molecule has 0 radical (unpaired) electrons. The molecule has 2 aliphatic heterocycles. The predicted molar refractivity (Wildman–Crippen MR) is 54.3 cm³/mol. The van der Waals surface area contributed by atoms with Crippen LogP contribution in [0.3, 0.4) is 0 Å². The minimum absolute atomic E-state index is 0.415. The lowest BCUT2D eigenvalue weighted by Gasteiger charge is -2.28. The zero-order chi connectivity index (χ0) is 9.97. The predicted octanol–water partition coefficient (Wildman–Crippen LogP) is 1.22. The molecule has 2 saturated heterocycles. The van der Waals surface area contributed by atoms with Gasteiger partial charge in [-0.15, -0.1) is 0 Å². The highest BCUT2D eigenvalue weighted by atomic mass is 16.5. The van der Waals surface area contributed by atoms with Gasteiger partial charge < -0.3 is 4.74 Å². The molecule has 0 aliphatic carbocycles. The molecule has 0 N–H and O–H groups in total. The molecule has 2 heterocycles. The summed E-state index contributed by atoms with van der Waals surface area (Å²) >= 11 is 0. The molecule has 0 saturated carbocycles. The summed E-state index contributed by atoms with van der Waals surface area (Å²) < 4.78 is 5.76. The van der Waals surface area contributed by atoms with Gasteiger partial charge in [0.25, 0.3) is 0 Å². The lowest BCUT2D eigenvalue weighted by molar-refractivity contribution is -0.121. The standard InChI is InChI=1S/C11H19NO2/c1-9-2-3-11(14-9)8-12-6-4-10(13)5-7-12/h9,11H,2-8H2,1H3. The van der Waals surface area contributed by atoms with Crippen molar-refractivity contribution in [2.75, 3.05) is 19.6 Å². The number of ketones is 1. The molecular formula is C11H19NO2. The second kappa shape index (κ2) is 4.41. The van der Waals surface area contributed by atoms with Gasteiger partial charge in [-0.05, 0) is 19.8 Å². The number of rotatable bonds is 2. The molecule has 0 aromatic rings. The largest absolute Gasteiger partial charge is 0.374 e. The van der Waals surface area contributed by atoms with Crippen LogP contribution < -0.4 is 0 Å². The van der Waals surface area contributed by atoms with Crippen LogP contribution in [0.2, 0.25) is 0 Å². The van der Waals surface area contributed by atoms with Crippen LogP contribution in [-0.4, -0.2) is 42.5 Å². The second-order valence-corrected chi connectivity index (χ2v) is 4.49. The van der Waals surface area contributed by atoms with Crippen molar-refractivity contribution in [1.82, 2.24) is 4.90 Å². The van der Waals surface area contributed by atoms with Crippen LogP contribution in [-0.2, 0) is 9.53 Å². The Morgan fingerprint density at radius 2 is 2.07 bits per heavy atom. The zero-order valence-corrected chi connectivity index (χ0v) is 8.87. The fourth-order valence-corrected chi connectivity index (χ4v) is 2.29. The fourth-order valence-electron chi connectivity index (χ4n) is 2.29. The highest BCUT2D eigenvalue weighted by Crippen LogP contribution is 2.20. The Morgan fingerprint density at radius 3 is 2.64 bits per heavy atom. The molecule has 0 amide bonds. The number of nitrogens with zero attached hydrogens (tertiary/aromatic N) is 1. The molecule has 14 heavy (non-hydrogen) atoms. The number of hydrogen-bond acceptors (Lipinski definition) is 3. The maximum absolute atomic E-state index is 11.0. The summed E-state index contributed by atoms with van der Waals surface area (Å²) in [5.74, 6) is 0.418. The molecule has 0 aromatic heterocycles. The van der Waals surface area contributed by atoms with E-state index < -0.39 is 0 Å². The van der Waals surface area contributed by atoms with Crippen LogP contribution in [0.1, 0.15) is 32.6 Å². The fraction of sp³-hybridized carbons (Fsp3) is 0.909. The van der Waals surface area contributed by atoms with Gasteiger partial charge in [0.15, 0.2) is 0 Å². The number of likely N-dealkylation sites (tertiary alicyclic amines) is 1. The Kier molecular flexibility index (Phi) is 3.19. The van der Waals surface area contributed by atoms with Gasteiger partial charge in [-0.25, -0.2) is 0 Å². The van der Waals surface area contributed by atoms with Gasteiger partial charge in [-0.3, -0.25) is 9.69 Å². The Morgan fingerprint density at radius 1 is 1.36 bits per heavy atom. The van der Waals surface area contributed by atoms with Crippen molar-refractivity contribution < 1.29 is 9.53 Å². The van der Waals surface area contributed by atoms with E-state index in [4.69, 9.17) is 4.74 Å². The first-order chi connectivity index (χ1) is 6.74. The van der Waals surface area contributed by atoms with Gasteiger partial charge >= 0.3 is 0 Å². The van der Waals surface area contributed by atoms with Crippen LogP contribution in [0.25, 0.3) is 0 Å². The molecule has 2 atom stereocenters. The van der Waals surface area contributed by atoms with E-state index in [1.165, 1.54) is 12.8 Å². The first kappa shape index (κ1) is 10.1. The van der Waals surface area contributed by atoms with Crippen molar-refractivity contribution in [2.24, 2.45) is 0 Å². The smallest absolute Gasteiger partial charge is 0.135 e. The molecule has 2 unspecified atom stereocenters. The average molecular weight is 197 g/mol. The minimum Gasteiger partial charge on any atom is -0.374 e. The summed E-state index contributed by atoms with van der Waals surface area (Å²) in [7, 11) is 0. The van der Waals surface area contributed by atoms with E-state index in [-0.39, 0.29) is 0 Å². The normalized spacial score (nSPS) is 35.1. The van der Waals surface area contributed by atoms with Crippen LogP contribution in [0.15, 0.2) is 0 Å². The lowest BCUT2D eigenvalue weighted by Crippen LogP contribution is -2.39. The second-order valence-electron chi connectivity index (χ2n) is 4.49. The first-order valence-electron chi connectivity index (χ1n) is 5.63. The van der Waals surface area contributed by atoms with Gasteiger partial charge in [-0.1, -0.05) is 0 Å². The van der Waals surface area contributed by atoms with Gasteiger partial charge in [-0.2, -0.15) is 0 Å². The van der Waals surface area contributed by atoms with E-state index >= 15 is 0 Å². The number of hydrogen-bond donors (Lipinski definition) is 0. The highest BCUT2D eigenvalue weighted by Gasteiger charge is 2.25. The summed E-state index contributed by atoms with van der Waals surface area (Å²) in [6, 6.07) is 0. The monoisotopic (exact) mass is 197 g/mol. The quantitative estimate of drug-likeness (QED) is 0.666. The third-order valence-corrected chi connectivity index (χ3v) is 3.20. The number of carbonyl (C=O) groups is 1. The highest BCUT2D eigenvalue weighted by molar-refractivity contribution is 5.79. The summed E-state index contributed by atoms with van der Waals surface area (Å²) in [5, 5.41) is 0. The molecule has 3 nitrogen and oxygen atoms in total. The molecule has 80 valence electrons. The zero-order valence-electron chi connectivity index (χ0n) is 8.87. The number of carbonyl (C=O) groups excluding carboxylic acids is 1. The number of piperidine rings is 1. The van der Waals surface area contributed by atoms with E-state index in [0.29, 0.717) is 18.0 Å². The Labute approximate surface area is 85.4 Å². The van der Waals surface area contributed by atoms with Gasteiger partial charge in [0.2, 0.25) is 0 Å². The van der Waals surface area contributed by atoms with E-state index in [0.717, 1.165) is 32.5 Å². The SMILES string of the molecule is CC1CCC(CN2CCC(=O)CC2)O1. The molecule has 2 aliphatic rings. The van der Waals surface area contributed by atoms with Crippen molar-refractivity contribution in [1.29, 1.82) is 0 Å². The molecule has 0 bridgehead atoms. The van der Waals surface area contributed by atoms with Crippen molar-refractivity contribution in [2.45, 2.75) is 44.8 Å². The molecule has 3 heteroatoms. The van der Waals surface area contributed by atoms with Crippen molar-refractivity contribution in [3.63, 3.8) is 0 Å². The third kappa shape index (κ3) is 2.55. The summed E-state index contributed by atoms with van der Waals surface area (Å²) in [5.41, 5.74) is 0. The van der Waals surface area contributed by atoms with Gasteiger partial charge in [0.1, 0.15) is 5.78 Å². The van der Waals surface area contributed by atoms with Crippen LogP contribution in [0.4, 0.5) is 0 Å². The summed E-state index contributed by atoms with van der Waals surface area (Å²) in [6.45, 7) is 5.04. The van der Waals surface area contributed by atoms with Crippen LogP contribution >= 0.6 is 0 Å². The summed E-state index contributed by atoms with van der Waals surface area (Å²) in [6.07, 6.45) is 4.71. The molecular weight excluding hydrogens is 178 g/mol. The van der Waals surface area contributed by atoms with Crippen molar-refractivity contribution in [3.05, 3.63) is 0 Å². The number of Topliss-reactive ketones (excluding diaryl/α,β-unsaturated/α-hetero) is 1. The first-order valence-corrected chi connectivity index (χ1v) is 5.63. The molecule has 0 spiro atoms. The van der Waals surface area contributed by atoms with Crippen LogP contribution in [0.5, 0.6) is 0 Å². The van der Waals surface area contributed by atoms with E-state index in [1.54, 1.807) is 0 Å². The average Bonchev–Trinajstić information content (AvgIpc) is 2.56. The molecule has 0 aromatic carbocycles. The minimum atomic E-state index is 0.415. The third-order valence-electron chi connectivity index (χ3n) is 3.20. The summed E-state index contributed by atoms with van der Waals surface area (Å²) in [4.78, 5) is 13.4. The van der Waals surface area contributed by atoms with Gasteiger partial charge in [0, 0.05) is 32.5 Å². The maximum atomic E-state index is 11.0. The van der Waals surface area contributed by atoms with E-state index in [2.05, 4.69) is 11.8 Å². The topological polar surface area (TPSA) is 29.5 Å². The Bertz CT molecular complexity index is 207. The van der Waals surface area contributed by atoms with Gasteiger partial charge in [0.05, 0.1) is 12.2 Å². The molecule has 2 rings (SSSR count). The van der Waals surface area contributed by atoms with E-state index in [1.807, 2.05) is 0 Å². The Balaban J connectivity index is 1.72. The lowest BCUT2D eigenvalue weighted by atomic mass is 10.1. The number of ether oxygens (including phenoxy) is 1. The Hall–Kier alpha value is -0.410. The van der Waals surface area contributed by atoms with E-state index in [9.17, 15) is 4.79 Å². The van der Waals surface area contributed by atoms with Crippen LogP contribution in [0, 0.1) is 0 Å².